The van der Waals surface area contributed by atoms with E-state index in [1.807, 2.05) is 44.2 Å². The summed E-state index contributed by atoms with van der Waals surface area (Å²) in [5.74, 6) is 0.585. The zero-order chi connectivity index (χ0) is 24.5. The fourth-order valence-electron chi connectivity index (χ4n) is 3.66. The predicted octanol–water partition coefficient (Wildman–Crippen LogP) is 5.66. The lowest BCUT2D eigenvalue weighted by Crippen LogP contribution is -2.29. The normalized spacial score (nSPS) is 11.6. The molecule has 6 heteroatoms. The van der Waals surface area contributed by atoms with Gasteiger partial charge in [0.2, 0.25) is 11.2 Å². The van der Waals surface area contributed by atoms with Gasteiger partial charge in [-0.1, -0.05) is 45.0 Å². The maximum atomic E-state index is 13.4. The first-order valence-electron chi connectivity index (χ1n) is 11.2. The molecule has 0 fully saturated rings. The number of amides is 1. The summed E-state index contributed by atoms with van der Waals surface area (Å²) in [4.78, 5) is 25.8. The smallest absolute Gasteiger partial charge is 0.258 e. The number of rotatable bonds is 6. The SMILES string of the molecule is Cc1cc2oc(-c3ccc(C(C)(C)C)cc3)c(OCC(=O)NCc3ccco3)c(=O)c2cc1C. The zero-order valence-corrected chi connectivity index (χ0v) is 20.2. The molecule has 1 amide bonds. The largest absolute Gasteiger partial charge is 0.476 e. The Balaban J connectivity index is 1.70. The number of furan rings is 1. The van der Waals surface area contributed by atoms with Crippen molar-refractivity contribution < 1.29 is 18.4 Å². The number of aryl methyl sites for hydroxylation is 2. The number of nitrogens with one attached hydrogen (secondary N) is 1. The second-order valence-electron chi connectivity index (χ2n) is 9.49. The number of carbonyl (C=O) groups is 1. The van der Waals surface area contributed by atoms with E-state index in [4.69, 9.17) is 13.6 Å². The van der Waals surface area contributed by atoms with Crippen molar-refractivity contribution in [2.24, 2.45) is 0 Å². The van der Waals surface area contributed by atoms with Gasteiger partial charge in [-0.2, -0.15) is 0 Å². The standard InChI is InChI=1S/C28H29NO5/c1-17-13-22-23(14-18(17)2)34-26(19-8-10-20(11-9-19)28(3,4)5)27(25(22)31)33-16-24(30)29-15-21-7-6-12-32-21/h6-14H,15-16H2,1-5H3,(H,29,30). The van der Waals surface area contributed by atoms with Crippen molar-refractivity contribution in [1.82, 2.24) is 5.32 Å². The third kappa shape index (κ3) is 4.91. The lowest BCUT2D eigenvalue weighted by Gasteiger charge is -2.19. The highest BCUT2D eigenvalue weighted by molar-refractivity contribution is 5.84. The van der Waals surface area contributed by atoms with Crippen LogP contribution in [-0.4, -0.2) is 12.5 Å². The molecule has 2 aromatic carbocycles. The molecule has 0 bridgehead atoms. The van der Waals surface area contributed by atoms with Gasteiger partial charge in [-0.05, 0) is 60.2 Å². The van der Waals surface area contributed by atoms with E-state index in [-0.39, 0.29) is 35.7 Å². The highest BCUT2D eigenvalue weighted by atomic mass is 16.5. The Bertz CT molecular complexity index is 1370. The monoisotopic (exact) mass is 459 g/mol. The molecule has 0 aliphatic heterocycles. The van der Waals surface area contributed by atoms with Gasteiger partial charge >= 0.3 is 0 Å². The summed E-state index contributed by atoms with van der Waals surface area (Å²) in [5.41, 5.74) is 4.03. The van der Waals surface area contributed by atoms with Crippen molar-refractivity contribution in [2.75, 3.05) is 6.61 Å². The van der Waals surface area contributed by atoms with E-state index in [1.54, 1.807) is 24.5 Å². The summed E-state index contributed by atoms with van der Waals surface area (Å²) in [6, 6.07) is 15.0. The van der Waals surface area contributed by atoms with Gasteiger partial charge in [0.25, 0.3) is 5.91 Å². The van der Waals surface area contributed by atoms with Gasteiger partial charge in [0.15, 0.2) is 12.4 Å². The van der Waals surface area contributed by atoms with E-state index in [0.717, 1.165) is 16.7 Å². The minimum Gasteiger partial charge on any atom is -0.476 e. The van der Waals surface area contributed by atoms with Gasteiger partial charge < -0.3 is 18.9 Å². The third-order valence-corrected chi connectivity index (χ3v) is 5.87. The minimum absolute atomic E-state index is 0.0111. The van der Waals surface area contributed by atoms with E-state index in [9.17, 15) is 9.59 Å². The number of carbonyl (C=O) groups excluding carboxylic acids is 1. The first-order valence-corrected chi connectivity index (χ1v) is 11.2. The number of hydrogen-bond acceptors (Lipinski definition) is 5. The average Bonchev–Trinajstić information content (AvgIpc) is 3.31. The second-order valence-corrected chi connectivity index (χ2v) is 9.49. The summed E-state index contributed by atoms with van der Waals surface area (Å²) < 4.78 is 17.2. The Hall–Kier alpha value is -3.80. The Morgan fingerprint density at radius 1 is 1.03 bits per heavy atom. The molecule has 176 valence electrons. The highest BCUT2D eigenvalue weighted by Gasteiger charge is 2.21. The number of benzene rings is 2. The van der Waals surface area contributed by atoms with Crippen LogP contribution in [0.1, 0.15) is 43.2 Å². The second kappa shape index (κ2) is 9.21. The maximum absolute atomic E-state index is 13.4. The topological polar surface area (TPSA) is 81.7 Å². The molecule has 0 saturated heterocycles. The summed E-state index contributed by atoms with van der Waals surface area (Å²) in [5, 5.41) is 3.14. The van der Waals surface area contributed by atoms with Crippen molar-refractivity contribution in [1.29, 1.82) is 0 Å². The summed E-state index contributed by atoms with van der Waals surface area (Å²) >= 11 is 0. The van der Waals surface area contributed by atoms with Crippen molar-refractivity contribution in [3.63, 3.8) is 0 Å². The zero-order valence-electron chi connectivity index (χ0n) is 20.2. The molecule has 0 unspecified atom stereocenters. The Morgan fingerprint density at radius 2 is 1.74 bits per heavy atom. The van der Waals surface area contributed by atoms with E-state index >= 15 is 0 Å². The molecule has 2 aromatic heterocycles. The van der Waals surface area contributed by atoms with Crippen LogP contribution in [0.3, 0.4) is 0 Å². The van der Waals surface area contributed by atoms with Crippen molar-refractivity contribution in [3.05, 3.63) is 87.5 Å². The van der Waals surface area contributed by atoms with Crippen LogP contribution < -0.4 is 15.5 Å². The molecule has 1 N–H and O–H groups in total. The molecule has 4 aromatic rings. The lowest BCUT2D eigenvalue weighted by molar-refractivity contribution is -0.123. The van der Waals surface area contributed by atoms with Gasteiger partial charge in [0.1, 0.15) is 11.3 Å². The van der Waals surface area contributed by atoms with Crippen LogP contribution in [0, 0.1) is 13.8 Å². The van der Waals surface area contributed by atoms with Crippen LogP contribution in [0.15, 0.2) is 68.4 Å². The van der Waals surface area contributed by atoms with Gasteiger partial charge in [-0.15, -0.1) is 0 Å². The molecular formula is C28H29NO5. The summed E-state index contributed by atoms with van der Waals surface area (Å²) in [6.07, 6.45) is 1.54. The summed E-state index contributed by atoms with van der Waals surface area (Å²) in [7, 11) is 0. The Labute approximate surface area is 198 Å². The van der Waals surface area contributed by atoms with Crippen LogP contribution in [0.4, 0.5) is 0 Å². The third-order valence-electron chi connectivity index (χ3n) is 5.87. The molecule has 0 atom stereocenters. The fraction of sp³-hybridized carbons (Fsp3) is 0.286. The molecular weight excluding hydrogens is 430 g/mol. The molecule has 4 rings (SSSR count). The van der Waals surface area contributed by atoms with Gasteiger partial charge in [0.05, 0.1) is 18.2 Å². The molecule has 0 aliphatic rings. The number of hydrogen-bond donors (Lipinski definition) is 1. The molecule has 6 nitrogen and oxygen atoms in total. The minimum atomic E-state index is -0.370. The number of fused-ring (bicyclic) bond motifs is 1. The molecule has 0 aliphatic carbocycles. The quantitative estimate of drug-likeness (QED) is 0.402. The van der Waals surface area contributed by atoms with Crippen LogP contribution in [-0.2, 0) is 16.8 Å². The summed E-state index contributed by atoms with van der Waals surface area (Å²) in [6.45, 7) is 10.2. The Kier molecular flexibility index (Phi) is 6.33. The average molecular weight is 460 g/mol. The van der Waals surface area contributed by atoms with Crippen LogP contribution >= 0.6 is 0 Å². The first kappa shape index (κ1) is 23.4. The molecule has 0 spiro atoms. The Morgan fingerprint density at radius 3 is 2.38 bits per heavy atom. The van der Waals surface area contributed by atoms with Gasteiger partial charge in [-0.25, -0.2) is 0 Å². The van der Waals surface area contributed by atoms with Crippen molar-refractivity contribution in [2.45, 2.75) is 46.6 Å². The molecule has 0 saturated carbocycles. The maximum Gasteiger partial charge on any atom is 0.258 e. The van der Waals surface area contributed by atoms with E-state index in [0.29, 0.717) is 28.1 Å². The highest BCUT2D eigenvalue weighted by Crippen LogP contribution is 2.33. The van der Waals surface area contributed by atoms with E-state index < -0.39 is 0 Å². The van der Waals surface area contributed by atoms with Gasteiger partial charge in [-0.3, -0.25) is 9.59 Å². The number of ether oxygens (including phenoxy) is 1. The molecule has 0 radical (unpaired) electrons. The fourth-order valence-corrected chi connectivity index (χ4v) is 3.66. The molecule has 2 heterocycles. The van der Waals surface area contributed by atoms with Gasteiger partial charge in [0, 0.05) is 5.56 Å². The first-order chi connectivity index (χ1) is 16.1. The van der Waals surface area contributed by atoms with Crippen molar-refractivity contribution >= 4 is 16.9 Å². The van der Waals surface area contributed by atoms with Crippen LogP contribution in [0.25, 0.3) is 22.3 Å². The van der Waals surface area contributed by atoms with E-state index in [2.05, 4.69) is 26.1 Å². The predicted molar refractivity (Wildman–Crippen MR) is 132 cm³/mol. The molecule has 34 heavy (non-hydrogen) atoms. The van der Waals surface area contributed by atoms with Crippen LogP contribution in [0.2, 0.25) is 0 Å². The van der Waals surface area contributed by atoms with E-state index in [1.165, 1.54) is 0 Å². The van der Waals surface area contributed by atoms with Crippen molar-refractivity contribution in [3.8, 4) is 17.1 Å². The van der Waals surface area contributed by atoms with Crippen LogP contribution in [0.5, 0.6) is 5.75 Å². The lowest BCUT2D eigenvalue weighted by atomic mass is 9.86.